The molecule has 0 bridgehead atoms. The molecule has 1 fully saturated rings. The van der Waals surface area contributed by atoms with Gasteiger partial charge < -0.3 is 9.64 Å². The Morgan fingerprint density at radius 1 is 1.42 bits per heavy atom. The third kappa shape index (κ3) is 6.38. The van der Waals surface area contributed by atoms with Gasteiger partial charge in [0.2, 0.25) is 0 Å². The van der Waals surface area contributed by atoms with Gasteiger partial charge in [0.25, 0.3) is 0 Å². The van der Waals surface area contributed by atoms with Gasteiger partial charge in [0, 0.05) is 18.6 Å². The second kappa shape index (κ2) is 7.23. The number of hydrogen-bond acceptors (Lipinski definition) is 4. The van der Waals surface area contributed by atoms with Gasteiger partial charge in [-0.2, -0.15) is 5.26 Å². The zero-order valence-electron chi connectivity index (χ0n) is 13.1. The highest BCUT2D eigenvalue weighted by Gasteiger charge is 2.34. The number of nitriles is 1. The van der Waals surface area contributed by atoms with Crippen molar-refractivity contribution in [3.05, 3.63) is 0 Å². The first-order valence-electron chi connectivity index (χ1n) is 7.37. The average molecular weight is 267 g/mol. The molecule has 0 radical (unpaired) electrons. The molecule has 1 N–H and O–H groups in total. The quantitative estimate of drug-likeness (QED) is 0.695. The van der Waals surface area contributed by atoms with Crippen molar-refractivity contribution in [2.24, 2.45) is 0 Å². The van der Waals surface area contributed by atoms with Gasteiger partial charge in [-0.3, -0.25) is 5.32 Å². The zero-order valence-corrected chi connectivity index (χ0v) is 13.1. The maximum absolute atomic E-state index is 9.39. The summed E-state index contributed by atoms with van der Waals surface area (Å²) in [5.74, 6) is 0. The molecule has 110 valence electrons. The van der Waals surface area contributed by atoms with Crippen LogP contribution in [0.4, 0.5) is 0 Å². The molecule has 19 heavy (non-hydrogen) atoms. The van der Waals surface area contributed by atoms with Gasteiger partial charge >= 0.3 is 0 Å². The third-order valence-corrected chi connectivity index (χ3v) is 3.70. The lowest BCUT2D eigenvalue weighted by molar-refractivity contribution is 0.0547. The molecule has 0 aliphatic heterocycles. The summed E-state index contributed by atoms with van der Waals surface area (Å²) in [6, 6.07) is 3.37. The number of nitrogens with zero attached hydrogens (tertiary/aromatic N) is 2. The minimum Gasteiger partial charge on any atom is -0.377 e. The van der Waals surface area contributed by atoms with Crippen LogP contribution >= 0.6 is 0 Å². The Morgan fingerprint density at radius 2 is 2.05 bits per heavy atom. The summed E-state index contributed by atoms with van der Waals surface area (Å²) in [5.41, 5.74) is -0.409. The molecule has 0 heterocycles. The average Bonchev–Trinajstić information content (AvgIpc) is 3.12. The van der Waals surface area contributed by atoms with Crippen molar-refractivity contribution in [1.29, 1.82) is 5.26 Å². The van der Waals surface area contributed by atoms with E-state index >= 15 is 0 Å². The maximum Gasteiger partial charge on any atom is 0.105 e. The minimum atomic E-state index is -0.409. The lowest BCUT2D eigenvalue weighted by Crippen LogP contribution is -2.47. The van der Waals surface area contributed by atoms with E-state index in [9.17, 15) is 5.26 Å². The van der Waals surface area contributed by atoms with Crippen molar-refractivity contribution < 1.29 is 4.74 Å². The Bertz CT molecular complexity index is 309. The molecule has 1 aliphatic carbocycles. The van der Waals surface area contributed by atoms with Crippen LogP contribution in [0.5, 0.6) is 0 Å². The van der Waals surface area contributed by atoms with Gasteiger partial charge in [0.05, 0.1) is 18.8 Å². The van der Waals surface area contributed by atoms with E-state index in [0.29, 0.717) is 12.1 Å². The zero-order chi connectivity index (χ0) is 14.5. The standard InChI is InChI=1S/C15H29N3O/c1-12(2)19-9-8-18(5)13(3)10-15(4,11-16)17-14-6-7-14/h12-14,17H,6-10H2,1-5H3. The van der Waals surface area contributed by atoms with E-state index in [0.717, 1.165) is 19.6 Å². The lowest BCUT2D eigenvalue weighted by Gasteiger charge is -2.32. The summed E-state index contributed by atoms with van der Waals surface area (Å²) in [6.07, 6.45) is 3.55. The molecular formula is C15H29N3O. The molecule has 0 aromatic rings. The van der Waals surface area contributed by atoms with Crippen molar-refractivity contribution in [2.45, 2.75) is 70.7 Å². The van der Waals surface area contributed by atoms with E-state index in [1.165, 1.54) is 12.8 Å². The Labute approximate surface area is 118 Å². The monoisotopic (exact) mass is 267 g/mol. The van der Waals surface area contributed by atoms with E-state index in [-0.39, 0.29) is 6.10 Å². The first-order valence-corrected chi connectivity index (χ1v) is 7.37. The van der Waals surface area contributed by atoms with Crippen LogP contribution in [-0.2, 0) is 4.74 Å². The normalized spacial score (nSPS) is 20.3. The fraction of sp³-hybridized carbons (Fsp3) is 0.933. The van der Waals surface area contributed by atoms with Gasteiger partial charge in [0.15, 0.2) is 0 Å². The molecule has 0 aromatic carbocycles. The minimum absolute atomic E-state index is 0.282. The SMILES string of the molecule is CC(C)OCCN(C)C(C)CC(C)(C#N)NC1CC1. The van der Waals surface area contributed by atoms with Crippen LogP contribution in [0.3, 0.4) is 0 Å². The van der Waals surface area contributed by atoms with Gasteiger partial charge in [-0.05, 0) is 54.0 Å². The predicted molar refractivity (Wildman–Crippen MR) is 78.0 cm³/mol. The Hall–Kier alpha value is -0.630. The Morgan fingerprint density at radius 3 is 2.53 bits per heavy atom. The summed E-state index contributed by atoms with van der Waals surface area (Å²) in [4.78, 5) is 2.27. The summed E-state index contributed by atoms with van der Waals surface area (Å²) >= 11 is 0. The molecule has 0 amide bonds. The molecule has 4 heteroatoms. The predicted octanol–water partition coefficient (Wildman–Crippen LogP) is 2.16. The second-order valence-electron chi connectivity index (χ2n) is 6.32. The summed E-state index contributed by atoms with van der Waals surface area (Å²) in [6.45, 7) is 9.95. The summed E-state index contributed by atoms with van der Waals surface area (Å²) in [5, 5.41) is 12.8. The summed E-state index contributed by atoms with van der Waals surface area (Å²) < 4.78 is 5.57. The molecule has 2 atom stereocenters. The van der Waals surface area contributed by atoms with Gasteiger partial charge in [0.1, 0.15) is 5.54 Å². The van der Waals surface area contributed by atoms with Crippen LogP contribution in [0.25, 0.3) is 0 Å². The first-order chi connectivity index (χ1) is 8.86. The van der Waals surface area contributed by atoms with Crippen molar-refractivity contribution >= 4 is 0 Å². The molecule has 0 spiro atoms. The smallest absolute Gasteiger partial charge is 0.105 e. The molecule has 4 nitrogen and oxygen atoms in total. The molecule has 1 rings (SSSR count). The van der Waals surface area contributed by atoms with E-state index in [1.54, 1.807) is 0 Å². The molecule has 2 unspecified atom stereocenters. The van der Waals surface area contributed by atoms with Crippen LogP contribution in [0, 0.1) is 11.3 Å². The highest BCUT2D eigenvalue weighted by Crippen LogP contribution is 2.25. The second-order valence-corrected chi connectivity index (χ2v) is 6.32. The van der Waals surface area contributed by atoms with Gasteiger partial charge in [-0.1, -0.05) is 0 Å². The van der Waals surface area contributed by atoms with Crippen LogP contribution in [0.15, 0.2) is 0 Å². The molecule has 0 saturated heterocycles. The molecule has 1 aliphatic rings. The topological polar surface area (TPSA) is 48.3 Å². The number of nitrogens with one attached hydrogen (secondary N) is 1. The largest absolute Gasteiger partial charge is 0.377 e. The van der Waals surface area contributed by atoms with E-state index in [1.807, 2.05) is 6.92 Å². The van der Waals surface area contributed by atoms with Crippen LogP contribution in [0.2, 0.25) is 0 Å². The first kappa shape index (κ1) is 16.4. The summed E-state index contributed by atoms with van der Waals surface area (Å²) in [7, 11) is 2.10. The van der Waals surface area contributed by atoms with Gasteiger partial charge in [-0.25, -0.2) is 0 Å². The van der Waals surface area contributed by atoms with Crippen LogP contribution < -0.4 is 5.32 Å². The van der Waals surface area contributed by atoms with E-state index in [4.69, 9.17) is 4.74 Å². The van der Waals surface area contributed by atoms with E-state index in [2.05, 4.69) is 44.1 Å². The fourth-order valence-corrected chi connectivity index (χ4v) is 2.21. The van der Waals surface area contributed by atoms with Crippen molar-refractivity contribution in [3.8, 4) is 6.07 Å². The Balaban J connectivity index is 2.34. The third-order valence-electron chi connectivity index (χ3n) is 3.70. The number of ether oxygens (including phenoxy) is 1. The molecular weight excluding hydrogens is 238 g/mol. The Kier molecular flexibility index (Phi) is 6.25. The van der Waals surface area contributed by atoms with Crippen molar-refractivity contribution in [1.82, 2.24) is 10.2 Å². The highest BCUT2D eigenvalue weighted by atomic mass is 16.5. The van der Waals surface area contributed by atoms with Gasteiger partial charge in [-0.15, -0.1) is 0 Å². The molecule has 0 aromatic heterocycles. The van der Waals surface area contributed by atoms with Crippen LogP contribution in [-0.4, -0.2) is 48.8 Å². The maximum atomic E-state index is 9.39. The lowest BCUT2D eigenvalue weighted by atomic mass is 9.94. The van der Waals surface area contributed by atoms with Crippen molar-refractivity contribution in [2.75, 3.05) is 20.2 Å². The number of likely N-dealkylation sites (N-methyl/N-ethyl adjacent to an activating group) is 1. The van der Waals surface area contributed by atoms with E-state index < -0.39 is 5.54 Å². The molecule has 1 saturated carbocycles. The fourth-order valence-electron chi connectivity index (χ4n) is 2.21. The number of hydrogen-bond donors (Lipinski definition) is 1. The number of rotatable bonds is 9. The highest BCUT2D eigenvalue weighted by molar-refractivity contribution is 5.08. The van der Waals surface area contributed by atoms with Crippen molar-refractivity contribution in [3.63, 3.8) is 0 Å². The van der Waals surface area contributed by atoms with Crippen LogP contribution in [0.1, 0.15) is 47.0 Å².